The monoisotopic (exact) mass is 310 g/mol. The van der Waals surface area contributed by atoms with Crippen molar-refractivity contribution >= 4 is 17.5 Å². The number of aromatic nitrogens is 1. The lowest BCUT2D eigenvalue weighted by Crippen LogP contribution is -2.49. The van der Waals surface area contributed by atoms with Crippen molar-refractivity contribution < 1.29 is 9.53 Å². The van der Waals surface area contributed by atoms with Gasteiger partial charge in [-0.2, -0.15) is 0 Å². The predicted octanol–water partition coefficient (Wildman–Crippen LogP) is 3.33. The van der Waals surface area contributed by atoms with Crippen LogP contribution < -0.4 is 5.32 Å². The first-order valence-electron chi connectivity index (χ1n) is 7.27. The van der Waals surface area contributed by atoms with Gasteiger partial charge in [-0.3, -0.25) is 4.79 Å². The van der Waals surface area contributed by atoms with E-state index in [1.165, 1.54) is 0 Å². The number of ether oxygens (including phenoxy) is 1. The summed E-state index contributed by atoms with van der Waals surface area (Å²) in [4.78, 5) is 16.6. The molecule has 1 saturated carbocycles. The Labute approximate surface area is 131 Å². The highest BCUT2D eigenvalue weighted by Gasteiger charge is 2.37. The molecule has 116 valence electrons. The highest BCUT2D eigenvalue weighted by Crippen LogP contribution is 2.34. The number of nitrogens with zero attached hydrogens (tertiary/aromatic N) is 1. The summed E-state index contributed by atoms with van der Waals surface area (Å²) in [6, 6.07) is 3.41. The lowest BCUT2D eigenvalue weighted by atomic mass is 9.80. The number of methoxy groups -OCH3 is 1. The minimum absolute atomic E-state index is 0.131. The number of hydrogen-bond acceptors (Lipinski definition) is 3. The van der Waals surface area contributed by atoms with Crippen LogP contribution in [0.5, 0.6) is 0 Å². The van der Waals surface area contributed by atoms with E-state index in [2.05, 4.69) is 10.3 Å². The maximum atomic E-state index is 12.3. The van der Waals surface area contributed by atoms with Crippen molar-refractivity contribution in [2.75, 3.05) is 13.7 Å². The Morgan fingerprint density at radius 2 is 2.10 bits per heavy atom. The van der Waals surface area contributed by atoms with Gasteiger partial charge in [0.05, 0.1) is 5.60 Å². The standard InChI is InChI=1S/C16H23ClN2O2/c1-15(2,3)12-8-11(9-13(17)19-12)14(20)18-10-16(21-4)6-5-7-16/h8-9H,5-7,10H2,1-4H3,(H,18,20). The van der Waals surface area contributed by atoms with Crippen LogP contribution in [-0.2, 0) is 10.2 Å². The van der Waals surface area contributed by atoms with Crippen molar-refractivity contribution in [2.45, 2.75) is 51.0 Å². The first kappa shape index (κ1) is 16.2. The molecule has 21 heavy (non-hydrogen) atoms. The molecule has 0 atom stereocenters. The summed E-state index contributed by atoms with van der Waals surface area (Å²) in [5, 5.41) is 3.29. The van der Waals surface area contributed by atoms with Gasteiger partial charge in [0.15, 0.2) is 0 Å². The van der Waals surface area contributed by atoms with E-state index in [1.807, 2.05) is 26.8 Å². The van der Waals surface area contributed by atoms with Gasteiger partial charge in [-0.05, 0) is 31.4 Å². The van der Waals surface area contributed by atoms with Crippen LogP contribution in [0.3, 0.4) is 0 Å². The van der Waals surface area contributed by atoms with Crippen molar-refractivity contribution in [3.63, 3.8) is 0 Å². The average molecular weight is 311 g/mol. The molecule has 1 aromatic heterocycles. The molecule has 2 rings (SSSR count). The number of rotatable bonds is 4. The second-order valence-corrected chi connectivity index (χ2v) is 7.12. The van der Waals surface area contributed by atoms with E-state index in [0.29, 0.717) is 17.3 Å². The van der Waals surface area contributed by atoms with E-state index in [-0.39, 0.29) is 16.9 Å². The number of carbonyl (C=O) groups is 1. The van der Waals surface area contributed by atoms with Crippen molar-refractivity contribution in [1.29, 1.82) is 0 Å². The minimum atomic E-state index is -0.181. The molecule has 1 amide bonds. The van der Waals surface area contributed by atoms with E-state index in [4.69, 9.17) is 16.3 Å². The Morgan fingerprint density at radius 3 is 2.57 bits per heavy atom. The summed E-state index contributed by atoms with van der Waals surface area (Å²) in [6.07, 6.45) is 3.14. The molecule has 0 aromatic carbocycles. The van der Waals surface area contributed by atoms with Gasteiger partial charge in [-0.15, -0.1) is 0 Å². The number of carbonyl (C=O) groups excluding carboxylic acids is 1. The van der Waals surface area contributed by atoms with Crippen LogP contribution >= 0.6 is 11.6 Å². The summed E-state index contributed by atoms with van der Waals surface area (Å²) in [7, 11) is 1.70. The molecule has 1 aromatic rings. The summed E-state index contributed by atoms with van der Waals surface area (Å²) in [5.74, 6) is -0.131. The molecule has 0 radical (unpaired) electrons. The predicted molar refractivity (Wildman–Crippen MR) is 83.9 cm³/mol. The van der Waals surface area contributed by atoms with Crippen molar-refractivity contribution in [3.8, 4) is 0 Å². The van der Waals surface area contributed by atoms with E-state index in [1.54, 1.807) is 13.2 Å². The minimum Gasteiger partial charge on any atom is -0.376 e. The highest BCUT2D eigenvalue weighted by molar-refractivity contribution is 6.29. The van der Waals surface area contributed by atoms with Crippen LogP contribution in [0.4, 0.5) is 0 Å². The van der Waals surface area contributed by atoms with Gasteiger partial charge < -0.3 is 10.1 Å². The van der Waals surface area contributed by atoms with Gasteiger partial charge in [0.2, 0.25) is 0 Å². The van der Waals surface area contributed by atoms with E-state index < -0.39 is 0 Å². The quantitative estimate of drug-likeness (QED) is 0.868. The largest absolute Gasteiger partial charge is 0.376 e. The molecule has 1 N–H and O–H groups in total. The fraction of sp³-hybridized carbons (Fsp3) is 0.625. The Kier molecular flexibility index (Phi) is 4.59. The maximum Gasteiger partial charge on any atom is 0.251 e. The second kappa shape index (κ2) is 5.93. The molecule has 0 spiro atoms. The Bertz CT molecular complexity index is 528. The van der Waals surface area contributed by atoms with Crippen molar-refractivity contribution in [2.24, 2.45) is 0 Å². The highest BCUT2D eigenvalue weighted by atomic mass is 35.5. The van der Waals surface area contributed by atoms with Crippen LogP contribution in [-0.4, -0.2) is 30.1 Å². The van der Waals surface area contributed by atoms with Crippen LogP contribution in [0.25, 0.3) is 0 Å². The Balaban J connectivity index is 2.10. The van der Waals surface area contributed by atoms with Crippen LogP contribution in [0.2, 0.25) is 5.15 Å². The van der Waals surface area contributed by atoms with Gasteiger partial charge in [0.1, 0.15) is 5.15 Å². The molecule has 1 aliphatic carbocycles. The second-order valence-electron chi connectivity index (χ2n) is 6.74. The van der Waals surface area contributed by atoms with E-state index >= 15 is 0 Å². The summed E-state index contributed by atoms with van der Waals surface area (Å²) in [6.45, 7) is 6.66. The van der Waals surface area contributed by atoms with Gasteiger partial charge in [0.25, 0.3) is 5.91 Å². The van der Waals surface area contributed by atoms with Crippen LogP contribution in [0.1, 0.15) is 56.1 Å². The van der Waals surface area contributed by atoms with E-state index in [9.17, 15) is 4.79 Å². The first-order chi connectivity index (χ1) is 9.76. The molecule has 0 bridgehead atoms. The molecule has 0 saturated heterocycles. The zero-order valence-electron chi connectivity index (χ0n) is 13.1. The molecule has 1 fully saturated rings. The molecule has 0 aliphatic heterocycles. The molecule has 1 aliphatic rings. The molecule has 5 heteroatoms. The maximum absolute atomic E-state index is 12.3. The van der Waals surface area contributed by atoms with Crippen LogP contribution in [0.15, 0.2) is 12.1 Å². The molecular weight excluding hydrogens is 288 g/mol. The van der Waals surface area contributed by atoms with Gasteiger partial charge in [-0.25, -0.2) is 4.98 Å². The molecule has 0 unspecified atom stereocenters. The van der Waals surface area contributed by atoms with Crippen molar-refractivity contribution in [1.82, 2.24) is 10.3 Å². The first-order valence-corrected chi connectivity index (χ1v) is 7.65. The summed E-state index contributed by atoms with van der Waals surface area (Å²) < 4.78 is 5.51. The molecule has 4 nitrogen and oxygen atoms in total. The Morgan fingerprint density at radius 1 is 1.43 bits per heavy atom. The number of nitrogens with one attached hydrogen (secondary N) is 1. The molecule has 1 heterocycles. The smallest absolute Gasteiger partial charge is 0.251 e. The summed E-state index contributed by atoms with van der Waals surface area (Å²) in [5.41, 5.74) is 1.02. The lowest BCUT2D eigenvalue weighted by Gasteiger charge is -2.40. The van der Waals surface area contributed by atoms with Gasteiger partial charge in [0, 0.05) is 30.3 Å². The Hall–Kier alpha value is -1.13. The normalized spacial score (nSPS) is 17.2. The van der Waals surface area contributed by atoms with E-state index in [0.717, 1.165) is 25.0 Å². The number of pyridine rings is 1. The number of hydrogen-bond donors (Lipinski definition) is 1. The lowest BCUT2D eigenvalue weighted by molar-refractivity contribution is -0.0679. The van der Waals surface area contributed by atoms with Crippen LogP contribution in [0, 0.1) is 0 Å². The topological polar surface area (TPSA) is 51.2 Å². The third-order valence-electron chi connectivity index (χ3n) is 4.09. The summed E-state index contributed by atoms with van der Waals surface area (Å²) >= 11 is 6.04. The third-order valence-corrected chi connectivity index (χ3v) is 4.29. The zero-order valence-corrected chi connectivity index (χ0v) is 13.9. The average Bonchev–Trinajstić information content (AvgIpc) is 2.36. The van der Waals surface area contributed by atoms with Crippen molar-refractivity contribution in [3.05, 3.63) is 28.5 Å². The zero-order chi connectivity index (χ0) is 15.7. The number of halogens is 1. The van der Waals surface area contributed by atoms with Gasteiger partial charge in [-0.1, -0.05) is 32.4 Å². The van der Waals surface area contributed by atoms with Gasteiger partial charge >= 0.3 is 0 Å². The fourth-order valence-corrected chi connectivity index (χ4v) is 2.59. The fourth-order valence-electron chi connectivity index (χ4n) is 2.38. The third kappa shape index (κ3) is 3.74. The molecular formula is C16H23ClN2O2. The number of amides is 1. The SMILES string of the molecule is COC1(CNC(=O)c2cc(Cl)nc(C(C)(C)C)c2)CCC1.